The summed E-state index contributed by atoms with van der Waals surface area (Å²) < 4.78 is 0. The number of halogens is 2. The first-order valence-electron chi connectivity index (χ1n) is 6.38. The molecule has 0 aromatic heterocycles. The second-order valence-electron chi connectivity index (χ2n) is 4.78. The maximum atomic E-state index is 12.2. The van der Waals surface area contributed by atoms with Gasteiger partial charge in [-0.05, 0) is 23.3 Å². The molecule has 20 heavy (non-hydrogen) atoms. The van der Waals surface area contributed by atoms with Crippen LogP contribution in [0.3, 0.4) is 0 Å². The van der Waals surface area contributed by atoms with E-state index in [0.717, 1.165) is 22.5 Å². The lowest BCUT2D eigenvalue weighted by molar-refractivity contribution is -0.115. The van der Waals surface area contributed by atoms with Gasteiger partial charge in [0.2, 0.25) is 5.91 Å². The lowest BCUT2D eigenvalue weighted by atomic mass is 10.0. The molecule has 2 atom stereocenters. The second kappa shape index (κ2) is 5.34. The Kier molecular flexibility index (Phi) is 3.69. The topological polar surface area (TPSA) is 20.3 Å². The first kappa shape index (κ1) is 13.8. The molecular weight excluding hydrogens is 382 g/mol. The van der Waals surface area contributed by atoms with E-state index in [9.17, 15) is 4.79 Å². The van der Waals surface area contributed by atoms with Crippen molar-refractivity contribution < 1.29 is 4.79 Å². The van der Waals surface area contributed by atoms with E-state index < -0.39 is 0 Å². The van der Waals surface area contributed by atoms with Crippen molar-refractivity contribution >= 4 is 49.1 Å². The van der Waals surface area contributed by atoms with Gasteiger partial charge in [0.1, 0.15) is 0 Å². The largest absolute Gasteiger partial charge is 0.281 e. The summed E-state index contributed by atoms with van der Waals surface area (Å²) in [6.45, 7) is 1.60. The fraction of sp³-hybridized carbons (Fsp3) is 0.188. The van der Waals surface area contributed by atoms with Crippen molar-refractivity contribution in [1.82, 2.24) is 0 Å². The third-order valence-electron chi connectivity index (χ3n) is 3.52. The van der Waals surface area contributed by atoms with Gasteiger partial charge in [0.25, 0.3) is 0 Å². The third kappa shape index (κ3) is 2.11. The molecule has 2 nitrogen and oxygen atoms in total. The number of anilines is 2. The molecule has 1 heterocycles. The summed E-state index contributed by atoms with van der Waals surface area (Å²) in [6, 6.07) is 16.0. The fourth-order valence-corrected chi connectivity index (χ4v) is 3.98. The van der Waals surface area contributed by atoms with Crippen LogP contribution >= 0.6 is 31.9 Å². The minimum absolute atomic E-state index is 0.0196. The summed E-state index contributed by atoms with van der Waals surface area (Å²) in [7, 11) is 0. The molecule has 0 spiro atoms. The van der Waals surface area contributed by atoms with Gasteiger partial charge in [0, 0.05) is 6.92 Å². The quantitative estimate of drug-likeness (QED) is 0.558. The Morgan fingerprint density at radius 2 is 1.30 bits per heavy atom. The zero-order valence-corrected chi connectivity index (χ0v) is 14.1. The molecule has 0 fully saturated rings. The maximum Gasteiger partial charge on any atom is 0.228 e. The number of hydrogen-bond donors (Lipinski definition) is 0. The molecule has 0 bridgehead atoms. The van der Waals surface area contributed by atoms with Gasteiger partial charge in [-0.1, -0.05) is 68.3 Å². The van der Waals surface area contributed by atoms with E-state index in [-0.39, 0.29) is 15.6 Å². The Hall–Kier alpha value is -1.13. The van der Waals surface area contributed by atoms with E-state index in [0.29, 0.717) is 0 Å². The lowest BCUT2D eigenvalue weighted by Gasteiger charge is -2.23. The molecule has 1 amide bonds. The highest BCUT2D eigenvalue weighted by molar-refractivity contribution is 9.12. The van der Waals surface area contributed by atoms with Gasteiger partial charge < -0.3 is 0 Å². The average Bonchev–Trinajstić information content (AvgIpc) is 2.55. The summed E-state index contributed by atoms with van der Waals surface area (Å²) in [6.07, 6.45) is 0. The summed E-state index contributed by atoms with van der Waals surface area (Å²) in [5.41, 5.74) is 4.11. The van der Waals surface area contributed by atoms with Crippen molar-refractivity contribution in [3.05, 3.63) is 59.7 Å². The molecule has 2 aromatic carbocycles. The molecule has 3 rings (SSSR count). The third-order valence-corrected chi connectivity index (χ3v) is 6.27. The van der Waals surface area contributed by atoms with E-state index >= 15 is 0 Å². The molecule has 102 valence electrons. The van der Waals surface area contributed by atoms with Crippen molar-refractivity contribution in [2.24, 2.45) is 0 Å². The van der Waals surface area contributed by atoms with E-state index in [1.54, 1.807) is 11.8 Å². The van der Waals surface area contributed by atoms with Crippen LogP contribution in [0.25, 0.3) is 0 Å². The van der Waals surface area contributed by atoms with Crippen LogP contribution < -0.4 is 4.90 Å². The Morgan fingerprint density at radius 3 is 1.70 bits per heavy atom. The van der Waals surface area contributed by atoms with Gasteiger partial charge in [0.15, 0.2) is 0 Å². The van der Waals surface area contributed by atoms with Gasteiger partial charge >= 0.3 is 0 Å². The summed E-state index contributed by atoms with van der Waals surface area (Å²) in [5, 5.41) is 0. The van der Waals surface area contributed by atoms with E-state index in [2.05, 4.69) is 44.0 Å². The standard InChI is InChI=1S/C16H13Br2NO/c1-10(20)19-13-8-4-2-6-11(13)15(17)16(18)12-7-3-5-9-14(12)19/h2-9,15-16H,1H3. The molecular formula is C16H13Br2NO. The van der Waals surface area contributed by atoms with Crippen molar-refractivity contribution in [3.63, 3.8) is 0 Å². The van der Waals surface area contributed by atoms with Crippen LogP contribution in [-0.4, -0.2) is 5.91 Å². The van der Waals surface area contributed by atoms with Crippen LogP contribution in [0.15, 0.2) is 48.5 Å². The minimum Gasteiger partial charge on any atom is -0.281 e. The number of benzene rings is 2. The SMILES string of the molecule is CC(=O)N1c2ccccc2C(Br)C(Br)c2ccccc21. The number of rotatable bonds is 0. The smallest absolute Gasteiger partial charge is 0.228 e. The molecule has 0 aliphatic carbocycles. The first-order valence-corrected chi connectivity index (χ1v) is 8.21. The minimum atomic E-state index is 0.0196. The van der Waals surface area contributed by atoms with Gasteiger partial charge in [-0.2, -0.15) is 0 Å². The maximum absolute atomic E-state index is 12.2. The van der Waals surface area contributed by atoms with Crippen LogP contribution in [0.1, 0.15) is 27.7 Å². The molecule has 2 unspecified atom stereocenters. The Balaban J connectivity index is 2.33. The average molecular weight is 395 g/mol. The predicted molar refractivity (Wildman–Crippen MR) is 89.0 cm³/mol. The molecule has 1 aliphatic heterocycles. The van der Waals surface area contributed by atoms with Crippen LogP contribution in [-0.2, 0) is 4.79 Å². The van der Waals surface area contributed by atoms with Crippen molar-refractivity contribution in [2.45, 2.75) is 16.6 Å². The van der Waals surface area contributed by atoms with Crippen LogP contribution in [0.2, 0.25) is 0 Å². The van der Waals surface area contributed by atoms with Crippen LogP contribution in [0.5, 0.6) is 0 Å². The Morgan fingerprint density at radius 1 is 0.900 bits per heavy atom. The number of amides is 1. The van der Waals surface area contributed by atoms with Gasteiger partial charge in [-0.3, -0.25) is 9.69 Å². The number of hydrogen-bond acceptors (Lipinski definition) is 1. The number of carbonyl (C=O) groups is 1. The van der Waals surface area contributed by atoms with E-state index in [4.69, 9.17) is 0 Å². The second-order valence-corrected chi connectivity index (χ2v) is 6.75. The van der Waals surface area contributed by atoms with Gasteiger partial charge in [-0.15, -0.1) is 0 Å². The zero-order valence-electron chi connectivity index (χ0n) is 10.9. The number of nitrogens with zero attached hydrogens (tertiary/aromatic N) is 1. The molecule has 4 heteroatoms. The monoisotopic (exact) mass is 393 g/mol. The van der Waals surface area contributed by atoms with Gasteiger partial charge in [-0.25, -0.2) is 0 Å². The molecule has 0 saturated carbocycles. The van der Waals surface area contributed by atoms with Crippen molar-refractivity contribution in [1.29, 1.82) is 0 Å². The number of fused-ring (bicyclic) bond motifs is 2. The zero-order chi connectivity index (χ0) is 14.3. The Labute approximate surface area is 135 Å². The predicted octanol–water partition coefficient (Wildman–Crippen LogP) is 5.26. The highest BCUT2D eigenvalue weighted by Crippen LogP contribution is 2.52. The molecule has 0 saturated heterocycles. The molecule has 0 radical (unpaired) electrons. The molecule has 2 aromatic rings. The van der Waals surface area contributed by atoms with E-state index in [1.165, 1.54) is 0 Å². The van der Waals surface area contributed by atoms with Gasteiger partial charge in [0.05, 0.1) is 21.0 Å². The first-order chi connectivity index (χ1) is 9.61. The fourth-order valence-electron chi connectivity index (χ4n) is 2.63. The highest BCUT2D eigenvalue weighted by atomic mass is 79.9. The van der Waals surface area contributed by atoms with Crippen LogP contribution in [0, 0.1) is 0 Å². The van der Waals surface area contributed by atoms with E-state index in [1.807, 2.05) is 36.4 Å². The van der Waals surface area contributed by atoms with Crippen LogP contribution in [0.4, 0.5) is 11.4 Å². The molecule has 0 N–H and O–H groups in total. The Bertz CT molecular complexity index is 620. The highest BCUT2D eigenvalue weighted by Gasteiger charge is 2.32. The normalized spacial score (nSPS) is 20.9. The van der Waals surface area contributed by atoms with Crippen molar-refractivity contribution in [3.8, 4) is 0 Å². The lowest BCUT2D eigenvalue weighted by Crippen LogP contribution is -2.23. The summed E-state index contributed by atoms with van der Waals surface area (Å²) in [5.74, 6) is 0.0196. The van der Waals surface area contributed by atoms with Crippen molar-refractivity contribution in [2.75, 3.05) is 4.90 Å². The summed E-state index contributed by atoms with van der Waals surface area (Å²) >= 11 is 7.53. The number of alkyl halides is 2. The molecule has 1 aliphatic rings. The summed E-state index contributed by atoms with van der Waals surface area (Å²) in [4.78, 5) is 14.2. The number of carbonyl (C=O) groups excluding carboxylic acids is 1. The number of para-hydroxylation sites is 2.